The van der Waals surface area contributed by atoms with Crippen LogP contribution in [0.1, 0.15) is 61.2 Å². The molecule has 0 N–H and O–H groups in total. The van der Waals surface area contributed by atoms with Gasteiger partial charge in [-0.05, 0) is 72.6 Å². The molecule has 0 amide bonds. The second kappa shape index (κ2) is 17.5. The van der Waals surface area contributed by atoms with Crippen LogP contribution in [0.4, 0.5) is 45.2 Å². The van der Waals surface area contributed by atoms with Gasteiger partial charge in [0.15, 0.2) is 5.78 Å². The Balaban J connectivity index is 0.000000384. The van der Waals surface area contributed by atoms with Crippen molar-refractivity contribution < 1.29 is 58.7 Å². The van der Waals surface area contributed by atoms with Crippen LogP contribution in [0.25, 0.3) is 44.6 Å². The lowest BCUT2D eigenvalue weighted by Gasteiger charge is -2.06. The van der Waals surface area contributed by atoms with Crippen molar-refractivity contribution in [2.45, 2.75) is 38.3 Å². The van der Waals surface area contributed by atoms with E-state index in [0.29, 0.717) is 17.8 Å². The zero-order valence-electron chi connectivity index (χ0n) is 30.2. The van der Waals surface area contributed by atoms with Crippen LogP contribution >= 0.6 is 0 Å². The van der Waals surface area contributed by atoms with Gasteiger partial charge in [-0.2, -0.15) is 39.5 Å². The number of benzene rings is 3. The first-order chi connectivity index (χ1) is 28.2. The number of aromatic nitrogens is 7. The Labute approximate surface area is 329 Å². The van der Waals surface area contributed by atoms with E-state index in [1.165, 1.54) is 58.2 Å². The van der Waals surface area contributed by atoms with E-state index in [9.17, 15) is 58.7 Å². The number of halogens is 9. The molecule has 0 aliphatic carbocycles. The first-order valence-electron chi connectivity index (χ1n) is 16.8. The summed E-state index contributed by atoms with van der Waals surface area (Å²) in [5, 5.41) is 19.3. The summed E-state index contributed by atoms with van der Waals surface area (Å²) < 4.78 is 115. The molecule has 308 valence electrons. The topological polar surface area (TPSA) is 191 Å². The molecular formula is C37H23F9N10O4. The Morgan fingerprint density at radius 3 is 1.28 bits per heavy atom. The molecule has 0 bridgehead atoms. The van der Waals surface area contributed by atoms with Gasteiger partial charge in [-0.15, -0.1) is 10.2 Å². The minimum atomic E-state index is -5.02. The van der Waals surface area contributed by atoms with Crippen molar-refractivity contribution >= 4 is 28.8 Å². The summed E-state index contributed by atoms with van der Waals surface area (Å²) in [6.07, 6.45) is -11.3. The predicted molar refractivity (Wildman–Crippen MR) is 191 cm³/mol. The first kappa shape index (κ1) is 43.6. The van der Waals surface area contributed by atoms with Crippen molar-refractivity contribution in [1.29, 1.82) is 0 Å². The molecule has 3 heterocycles. The number of ketones is 4. The molecule has 0 atom stereocenters. The minimum absolute atomic E-state index is 0.149. The van der Waals surface area contributed by atoms with E-state index in [0.717, 1.165) is 48.5 Å². The maximum Gasteiger partial charge on any atom is 0.454 e. The molecule has 0 unspecified atom stereocenters. The molecular weight excluding hydrogens is 819 g/mol. The van der Waals surface area contributed by atoms with E-state index in [4.69, 9.17) is 5.53 Å². The van der Waals surface area contributed by atoms with Gasteiger partial charge in [0, 0.05) is 39.3 Å². The third kappa shape index (κ3) is 10.5. The summed E-state index contributed by atoms with van der Waals surface area (Å²) in [6, 6.07) is 16.3. The SMILES string of the molecule is CCCC(=O)c1cc(-c2cn(-c3ccc(C(=O)C(F)(F)F)cc3)nn2)nc(-c2cn(-c3ccc(C(=O)C(F)(F)F)cc3)nn2)c1.[N-]=[N+]=Nc1ccc(C(=O)C(F)(F)F)cc1. The average Bonchev–Trinajstić information content (AvgIpc) is 3.92. The van der Waals surface area contributed by atoms with Gasteiger partial charge in [0.1, 0.15) is 11.4 Å². The monoisotopic (exact) mass is 842 g/mol. The van der Waals surface area contributed by atoms with Crippen LogP contribution in [-0.2, 0) is 0 Å². The van der Waals surface area contributed by atoms with Crippen LogP contribution in [-0.4, -0.2) is 76.6 Å². The number of pyridine rings is 1. The molecule has 6 aromatic rings. The maximum atomic E-state index is 12.9. The van der Waals surface area contributed by atoms with Gasteiger partial charge >= 0.3 is 18.5 Å². The number of carbonyl (C=O) groups excluding carboxylic acids is 4. The summed E-state index contributed by atoms with van der Waals surface area (Å²) in [5.41, 5.74) is 8.34. The Bertz CT molecular complexity index is 2470. The number of azide groups is 1. The molecule has 0 aliphatic rings. The molecule has 0 saturated carbocycles. The average molecular weight is 843 g/mol. The molecule has 3 aromatic carbocycles. The molecule has 23 heteroatoms. The Morgan fingerprint density at radius 2 is 0.950 bits per heavy atom. The fraction of sp³-hybridized carbons (Fsp3) is 0.162. The summed E-state index contributed by atoms with van der Waals surface area (Å²) in [6.45, 7) is 1.83. The van der Waals surface area contributed by atoms with Gasteiger partial charge in [0.25, 0.3) is 17.3 Å². The zero-order chi connectivity index (χ0) is 44.0. The van der Waals surface area contributed by atoms with Gasteiger partial charge < -0.3 is 0 Å². The molecule has 0 spiro atoms. The van der Waals surface area contributed by atoms with Gasteiger partial charge in [0.2, 0.25) is 0 Å². The van der Waals surface area contributed by atoms with Crippen LogP contribution in [0.2, 0.25) is 0 Å². The van der Waals surface area contributed by atoms with Crippen LogP contribution in [0.3, 0.4) is 0 Å². The molecule has 60 heavy (non-hydrogen) atoms. The van der Waals surface area contributed by atoms with Crippen LogP contribution < -0.4 is 0 Å². The lowest BCUT2D eigenvalue weighted by atomic mass is 10.0. The first-order valence-corrected chi connectivity index (χ1v) is 16.8. The normalized spacial score (nSPS) is 11.6. The van der Waals surface area contributed by atoms with E-state index >= 15 is 0 Å². The van der Waals surface area contributed by atoms with Gasteiger partial charge in [-0.25, -0.2) is 14.3 Å². The highest BCUT2D eigenvalue weighted by Gasteiger charge is 2.40. The van der Waals surface area contributed by atoms with Crippen LogP contribution in [0.15, 0.2) is 102 Å². The summed E-state index contributed by atoms with van der Waals surface area (Å²) in [4.78, 5) is 53.5. The van der Waals surface area contributed by atoms with Crippen LogP contribution in [0, 0.1) is 0 Å². The minimum Gasteiger partial charge on any atom is -0.294 e. The van der Waals surface area contributed by atoms with Crippen molar-refractivity contribution in [2.75, 3.05) is 0 Å². The van der Waals surface area contributed by atoms with E-state index in [1.54, 1.807) is 0 Å². The van der Waals surface area contributed by atoms with Crippen molar-refractivity contribution in [2.24, 2.45) is 5.11 Å². The lowest BCUT2D eigenvalue weighted by Crippen LogP contribution is -2.22. The van der Waals surface area contributed by atoms with Crippen molar-refractivity contribution in [1.82, 2.24) is 35.0 Å². The van der Waals surface area contributed by atoms with E-state index in [1.807, 2.05) is 6.92 Å². The Kier molecular flexibility index (Phi) is 12.7. The Hall–Kier alpha value is -7.55. The number of hydrogen-bond donors (Lipinski definition) is 0. The van der Waals surface area contributed by atoms with E-state index in [2.05, 4.69) is 35.6 Å². The third-order valence-corrected chi connectivity index (χ3v) is 7.99. The largest absolute Gasteiger partial charge is 0.454 e. The maximum absolute atomic E-state index is 12.9. The third-order valence-electron chi connectivity index (χ3n) is 7.99. The fourth-order valence-corrected chi connectivity index (χ4v) is 5.09. The summed E-state index contributed by atoms with van der Waals surface area (Å²) in [5.74, 6) is -6.08. The van der Waals surface area contributed by atoms with Gasteiger partial charge in [0.05, 0.1) is 35.2 Å². The number of carbonyl (C=O) groups is 4. The van der Waals surface area contributed by atoms with Gasteiger partial charge in [-0.3, -0.25) is 19.2 Å². The fourth-order valence-electron chi connectivity index (χ4n) is 5.09. The number of hydrogen-bond acceptors (Lipinski definition) is 10. The number of rotatable bonds is 11. The second-order valence-corrected chi connectivity index (χ2v) is 12.2. The van der Waals surface area contributed by atoms with Crippen molar-refractivity contribution in [3.05, 3.63) is 130 Å². The molecule has 6 rings (SSSR count). The van der Waals surface area contributed by atoms with Crippen molar-refractivity contribution in [3.8, 4) is 34.2 Å². The number of Topliss-reactive ketones (excluding diaryl/α,β-unsaturated/α-hetero) is 4. The number of alkyl halides is 9. The highest BCUT2D eigenvalue weighted by Crippen LogP contribution is 2.28. The van der Waals surface area contributed by atoms with Gasteiger partial charge in [-0.1, -0.05) is 46.7 Å². The molecule has 0 fully saturated rings. The smallest absolute Gasteiger partial charge is 0.294 e. The second-order valence-electron chi connectivity index (χ2n) is 12.2. The summed E-state index contributed by atoms with van der Waals surface area (Å²) >= 11 is 0. The quantitative estimate of drug-likeness (QED) is 0.0402. The van der Waals surface area contributed by atoms with E-state index in [-0.39, 0.29) is 46.2 Å². The highest BCUT2D eigenvalue weighted by atomic mass is 19.4. The number of nitrogens with zero attached hydrogens (tertiary/aromatic N) is 10. The summed E-state index contributed by atoms with van der Waals surface area (Å²) in [7, 11) is 0. The van der Waals surface area contributed by atoms with Crippen molar-refractivity contribution in [3.63, 3.8) is 0 Å². The molecule has 14 nitrogen and oxygen atoms in total. The van der Waals surface area contributed by atoms with Crippen LogP contribution in [0.5, 0.6) is 0 Å². The molecule has 0 saturated heterocycles. The highest BCUT2D eigenvalue weighted by molar-refractivity contribution is 6.01. The lowest BCUT2D eigenvalue weighted by molar-refractivity contribution is -0.0888. The standard InChI is InChI=1S/C29H19F6N7O3.C8H4F3N3O/c1-2-3-25(43)18-12-21(23-14-41(39-37-23)19-8-4-16(5-9-19)26(44)28(30,31)32)36-22(13-18)24-15-42(40-38-24)20-10-6-17(7-11-20)27(45)29(33,34)35;9-8(10,11)7(15)5-1-3-6(4-2-5)13-14-12/h4-15H,2-3H2,1H3;1-4H. The van der Waals surface area contributed by atoms with E-state index < -0.39 is 52.6 Å². The molecule has 0 aliphatic heterocycles. The predicted octanol–water partition coefficient (Wildman–Crippen LogP) is 9.42. The molecule has 0 radical (unpaired) electrons. The molecule has 3 aromatic heterocycles. The Morgan fingerprint density at radius 1 is 0.583 bits per heavy atom. The zero-order valence-corrected chi connectivity index (χ0v) is 30.2.